The van der Waals surface area contributed by atoms with Gasteiger partial charge in [0.2, 0.25) is 5.91 Å². The van der Waals surface area contributed by atoms with Crippen LogP contribution in [-0.4, -0.2) is 45.2 Å². The van der Waals surface area contributed by atoms with Gasteiger partial charge < -0.3 is 24.8 Å². The van der Waals surface area contributed by atoms with Crippen molar-refractivity contribution in [3.8, 4) is 11.5 Å². The zero-order chi connectivity index (χ0) is 24.5. The second-order valence-corrected chi connectivity index (χ2v) is 7.54. The quantitative estimate of drug-likeness (QED) is 0.422. The highest BCUT2D eigenvalue weighted by molar-refractivity contribution is 5.96. The number of methoxy groups -OCH3 is 2. The molecule has 2 rings (SSSR count). The maximum absolute atomic E-state index is 12.5. The van der Waals surface area contributed by atoms with E-state index in [1.807, 2.05) is 32.9 Å². The van der Waals surface area contributed by atoms with Crippen LogP contribution in [0.1, 0.15) is 32.6 Å². The van der Waals surface area contributed by atoms with E-state index in [1.54, 1.807) is 12.1 Å². The molecule has 0 heterocycles. The van der Waals surface area contributed by atoms with E-state index in [2.05, 4.69) is 17.2 Å². The third-order valence-corrected chi connectivity index (χ3v) is 4.88. The van der Waals surface area contributed by atoms with E-state index in [1.165, 1.54) is 20.3 Å². The molecule has 8 nitrogen and oxygen atoms in total. The molecule has 176 valence electrons. The zero-order valence-electron chi connectivity index (χ0n) is 19.7. The Kier molecular flexibility index (Phi) is 9.03. The number of hydrogen-bond donors (Lipinski definition) is 2. The van der Waals surface area contributed by atoms with E-state index >= 15 is 0 Å². The van der Waals surface area contributed by atoms with Crippen LogP contribution in [-0.2, 0) is 20.7 Å². The Morgan fingerprint density at radius 2 is 1.64 bits per heavy atom. The Bertz CT molecular complexity index is 1040. The van der Waals surface area contributed by atoms with E-state index in [4.69, 9.17) is 14.2 Å². The molecule has 0 aromatic heterocycles. The Morgan fingerprint density at radius 1 is 0.970 bits per heavy atom. The van der Waals surface area contributed by atoms with Crippen molar-refractivity contribution in [1.82, 2.24) is 5.32 Å². The van der Waals surface area contributed by atoms with Gasteiger partial charge in [-0.2, -0.15) is 0 Å². The smallest absolute Gasteiger partial charge is 0.338 e. The molecular formula is C25H30N2O6. The maximum atomic E-state index is 12.5. The van der Waals surface area contributed by atoms with Crippen molar-refractivity contribution in [1.29, 1.82) is 0 Å². The molecule has 0 saturated carbocycles. The Morgan fingerprint density at radius 3 is 2.21 bits per heavy atom. The minimum absolute atomic E-state index is 0.209. The monoisotopic (exact) mass is 454 g/mol. The van der Waals surface area contributed by atoms with E-state index in [0.29, 0.717) is 23.5 Å². The van der Waals surface area contributed by atoms with E-state index in [9.17, 15) is 14.4 Å². The molecule has 0 fully saturated rings. The average Bonchev–Trinajstić information content (AvgIpc) is 2.77. The number of anilines is 1. The predicted molar refractivity (Wildman–Crippen MR) is 126 cm³/mol. The number of allylic oxidation sites excluding steroid dienone is 1. The first-order chi connectivity index (χ1) is 15.7. The molecule has 2 N–H and O–H groups in total. The molecule has 2 amide bonds. The molecule has 0 atom stereocenters. The molecule has 0 bridgehead atoms. The number of amides is 2. The molecule has 0 aliphatic carbocycles. The fourth-order valence-corrected chi connectivity index (χ4v) is 3.47. The van der Waals surface area contributed by atoms with Crippen LogP contribution in [0.3, 0.4) is 0 Å². The second-order valence-electron chi connectivity index (χ2n) is 7.54. The summed E-state index contributed by atoms with van der Waals surface area (Å²) in [5.74, 6) is -0.809. The summed E-state index contributed by atoms with van der Waals surface area (Å²) < 4.78 is 15.7. The van der Waals surface area contributed by atoms with Crippen molar-refractivity contribution in [2.75, 3.05) is 32.7 Å². The zero-order valence-corrected chi connectivity index (χ0v) is 19.7. The number of benzene rings is 2. The highest BCUT2D eigenvalue weighted by Gasteiger charge is 2.18. The third-order valence-electron chi connectivity index (χ3n) is 4.88. The number of ether oxygens (including phenoxy) is 3. The largest absolute Gasteiger partial charge is 0.493 e. The summed E-state index contributed by atoms with van der Waals surface area (Å²) in [6.45, 7) is 8.71. The van der Waals surface area contributed by atoms with E-state index in [0.717, 1.165) is 22.4 Å². The molecule has 33 heavy (non-hydrogen) atoms. The average molecular weight is 455 g/mol. The molecule has 0 unspecified atom stereocenters. The summed E-state index contributed by atoms with van der Waals surface area (Å²) in [5, 5.41) is 5.24. The molecule has 0 aliphatic heterocycles. The topological polar surface area (TPSA) is 103 Å². The first kappa shape index (κ1) is 25.5. The van der Waals surface area contributed by atoms with Crippen LogP contribution in [0.25, 0.3) is 0 Å². The first-order valence-corrected chi connectivity index (χ1v) is 10.4. The van der Waals surface area contributed by atoms with Crippen LogP contribution in [0.5, 0.6) is 11.5 Å². The molecule has 8 heteroatoms. The normalized spacial score (nSPS) is 10.2. The number of carbonyl (C=O) groups excluding carboxylic acids is 3. The first-order valence-electron chi connectivity index (χ1n) is 10.4. The second kappa shape index (κ2) is 11.7. The van der Waals surface area contributed by atoms with Gasteiger partial charge in [0.15, 0.2) is 18.1 Å². The number of aryl methyl sites for hydroxylation is 3. The minimum Gasteiger partial charge on any atom is -0.493 e. The standard InChI is InChI=1S/C25H30N2O6/c1-7-8-18-11-19(12-20(31-5)24(18)32-6)25(30)33-14-22(29)26-13-21(28)27-23-16(3)9-15(2)10-17(23)4/h7,9-12H,1,8,13-14H2,2-6H3,(H,26,29)(H,27,28). The van der Waals surface area contributed by atoms with Crippen molar-refractivity contribution in [2.45, 2.75) is 27.2 Å². The fourth-order valence-electron chi connectivity index (χ4n) is 3.47. The lowest BCUT2D eigenvalue weighted by atomic mass is 10.1. The molecule has 0 aliphatic rings. The van der Waals surface area contributed by atoms with Gasteiger partial charge in [0.25, 0.3) is 5.91 Å². The van der Waals surface area contributed by atoms with Crippen LogP contribution in [0.2, 0.25) is 0 Å². The minimum atomic E-state index is -0.702. The summed E-state index contributed by atoms with van der Waals surface area (Å²) in [7, 11) is 2.97. The van der Waals surface area contributed by atoms with Crippen LogP contribution in [0.15, 0.2) is 36.9 Å². The van der Waals surface area contributed by atoms with Gasteiger partial charge in [0, 0.05) is 11.3 Å². The van der Waals surface area contributed by atoms with Gasteiger partial charge in [0.05, 0.1) is 26.3 Å². The highest BCUT2D eigenvalue weighted by atomic mass is 16.5. The third kappa shape index (κ3) is 6.83. The molecule has 2 aromatic carbocycles. The number of carbonyl (C=O) groups is 3. The van der Waals surface area contributed by atoms with Gasteiger partial charge in [-0.1, -0.05) is 23.8 Å². The van der Waals surface area contributed by atoms with Gasteiger partial charge in [-0.15, -0.1) is 6.58 Å². The van der Waals surface area contributed by atoms with Crippen molar-refractivity contribution >= 4 is 23.5 Å². The van der Waals surface area contributed by atoms with Crippen molar-refractivity contribution < 1.29 is 28.6 Å². The SMILES string of the molecule is C=CCc1cc(C(=O)OCC(=O)NCC(=O)Nc2c(C)cc(C)cc2C)cc(OC)c1OC. The summed E-state index contributed by atoms with van der Waals surface area (Å²) in [4.78, 5) is 36.8. The summed E-state index contributed by atoms with van der Waals surface area (Å²) >= 11 is 0. The number of hydrogen-bond acceptors (Lipinski definition) is 6. The molecule has 0 saturated heterocycles. The summed E-state index contributed by atoms with van der Waals surface area (Å²) in [6, 6.07) is 7.01. The highest BCUT2D eigenvalue weighted by Crippen LogP contribution is 2.33. The van der Waals surface area contributed by atoms with Crippen molar-refractivity contribution in [3.05, 3.63) is 64.7 Å². The van der Waals surface area contributed by atoms with E-state index < -0.39 is 18.5 Å². The van der Waals surface area contributed by atoms with E-state index in [-0.39, 0.29) is 18.0 Å². The number of nitrogens with one attached hydrogen (secondary N) is 2. The van der Waals surface area contributed by atoms with Crippen molar-refractivity contribution in [2.24, 2.45) is 0 Å². The Balaban J connectivity index is 1.93. The Hall–Kier alpha value is -3.81. The van der Waals surface area contributed by atoms with Gasteiger partial charge in [-0.05, 0) is 50.5 Å². The Labute approximate surface area is 193 Å². The summed E-state index contributed by atoms with van der Waals surface area (Å²) in [5.41, 5.74) is 4.60. The lowest BCUT2D eigenvalue weighted by molar-refractivity contribution is -0.126. The number of rotatable bonds is 10. The molecule has 0 radical (unpaired) electrons. The molecule has 0 spiro atoms. The van der Waals surface area contributed by atoms with Crippen LogP contribution in [0, 0.1) is 20.8 Å². The molecule has 2 aromatic rings. The van der Waals surface area contributed by atoms with Crippen LogP contribution >= 0.6 is 0 Å². The van der Waals surface area contributed by atoms with Crippen molar-refractivity contribution in [3.63, 3.8) is 0 Å². The van der Waals surface area contributed by atoms with Crippen LogP contribution < -0.4 is 20.1 Å². The number of esters is 1. The van der Waals surface area contributed by atoms with Crippen LogP contribution in [0.4, 0.5) is 5.69 Å². The van der Waals surface area contributed by atoms with Gasteiger partial charge in [-0.3, -0.25) is 9.59 Å². The maximum Gasteiger partial charge on any atom is 0.338 e. The van der Waals surface area contributed by atoms with Gasteiger partial charge in [-0.25, -0.2) is 4.79 Å². The van der Waals surface area contributed by atoms with Gasteiger partial charge >= 0.3 is 5.97 Å². The lowest BCUT2D eigenvalue weighted by Crippen LogP contribution is -2.35. The fraction of sp³-hybridized carbons (Fsp3) is 0.320. The molecular weight excluding hydrogens is 424 g/mol. The van der Waals surface area contributed by atoms with Gasteiger partial charge in [0.1, 0.15) is 0 Å². The lowest BCUT2D eigenvalue weighted by Gasteiger charge is -2.14. The predicted octanol–water partition coefficient (Wildman–Crippen LogP) is 3.27. The summed E-state index contributed by atoms with van der Waals surface area (Å²) in [6.07, 6.45) is 2.13.